The Morgan fingerprint density at radius 3 is 2.41 bits per heavy atom. The van der Waals surface area contributed by atoms with Gasteiger partial charge in [-0.05, 0) is 54.1 Å². The Hall–Kier alpha value is -3.76. The number of fused-ring (bicyclic) bond motifs is 3. The molecule has 10 heteroatoms. The van der Waals surface area contributed by atoms with Gasteiger partial charge in [0.15, 0.2) is 34.7 Å². The lowest BCUT2D eigenvalue weighted by molar-refractivity contribution is -0.175. The Balaban J connectivity index is 1.51. The zero-order chi connectivity index (χ0) is 28.2. The highest BCUT2D eigenvalue weighted by molar-refractivity contribution is 6.31. The molecule has 9 nitrogen and oxygen atoms in total. The normalized spacial score (nSPS) is 28.2. The Bertz CT molecular complexity index is 1410. The highest BCUT2D eigenvalue weighted by atomic mass is 19.1. The maximum absolute atomic E-state index is 13.7. The minimum Gasteiger partial charge on any atom is -0.507 e. The van der Waals surface area contributed by atoms with E-state index < -0.39 is 65.0 Å². The van der Waals surface area contributed by atoms with Gasteiger partial charge in [-0.15, -0.1) is 0 Å². The number of benzene rings is 2. The largest absolute Gasteiger partial charge is 0.507 e. The van der Waals surface area contributed by atoms with Crippen molar-refractivity contribution in [3.05, 3.63) is 53.1 Å². The van der Waals surface area contributed by atoms with Gasteiger partial charge < -0.3 is 15.9 Å². The van der Waals surface area contributed by atoms with Crippen molar-refractivity contribution < 1.29 is 38.6 Å². The minimum atomic E-state index is -2.67. The Kier molecular flexibility index (Phi) is 6.72. The summed E-state index contributed by atoms with van der Waals surface area (Å²) in [5.74, 6) is -10.3. The van der Waals surface area contributed by atoms with Crippen LogP contribution in [0.1, 0.15) is 34.3 Å². The number of alkyl halides is 1. The molecule has 0 aliphatic heterocycles. The van der Waals surface area contributed by atoms with E-state index in [-0.39, 0.29) is 30.6 Å². The highest BCUT2D eigenvalue weighted by Crippen LogP contribution is 2.51. The number of hydrogen-bond acceptors (Lipinski definition) is 8. The number of Topliss-reactive ketones (excluding diaryl/α,β-unsaturated/α-hetero) is 4. The first-order valence-corrected chi connectivity index (χ1v) is 12.8. The molecule has 2 aromatic carbocycles. The van der Waals surface area contributed by atoms with Crippen LogP contribution in [0.4, 0.5) is 4.39 Å². The van der Waals surface area contributed by atoms with E-state index in [1.807, 2.05) is 36.2 Å². The van der Waals surface area contributed by atoms with Gasteiger partial charge in [0.2, 0.25) is 5.91 Å². The van der Waals surface area contributed by atoms with Gasteiger partial charge in [0, 0.05) is 25.4 Å². The first-order valence-electron chi connectivity index (χ1n) is 12.8. The summed E-state index contributed by atoms with van der Waals surface area (Å²) >= 11 is 0. The lowest BCUT2D eigenvalue weighted by Crippen LogP contribution is -2.68. The van der Waals surface area contributed by atoms with Crippen LogP contribution >= 0.6 is 0 Å². The number of rotatable bonds is 6. The van der Waals surface area contributed by atoms with Crippen molar-refractivity contribution in [1.82, 2.24) is 4.90 Å². The SMILES string of the molecule is CN(CCF)Cc1ccc(-c2ccc(O)c3c2C[C@H]2C[C@H]4CC(=O)C(C(N)=O)C(=O)[C@@]4(O)C(=O)C2C3=O)cc1. The van der Waals surface area contributed by atoms with Gasteiger partial charge in [-0.2, -0.15) is 0 Å². The van der Waals surface area contributed by atoms with Crippen molar-refractivity contribution in [3.8, 4) is 16.9 Å². The second-order valence-corrected chi connectivity index (χ2v) is 10.8. The number of carbonyl (C=O) groups is 5. The number of aliphatic hydroxyl groups is 1. The third-order valence-corrected chi connectivity index (χ3v) is 8.47. The summed E-state index contributed by atoms with van der Waals surface area (Å²) < 4.78 is 12.6. The lowest BCUT2D eigenvalue weighted by atomic mass is 9.53. The predicted octanol–water partition coefficient (Wildman–Crippen LogP) is 1.40. The number of aromatic hydroxyl groups is 1. The molecule has 0 saturated heterocycles. The van der Waals surface area contributed by atoms with E-state index in [9.17, 15) is 38.6 Å². The first kappa shape index (κ1) is 26.8. The second-order valence-electron chi connectivity index (χ2n) is 10.8. The van der Waals surface area contributed by atoms with Crippen LogP contribution in [0.15, 0.2) is 36.4 Å². The number of hydrogen-bond donors (Lipinski definition) is 3. The smallest absolute Gasteiger partial charge is 0.235 e. The van der Waals surface area contributed by atoms with Crippen LogP contribution in [0.3, 0.4) is 0 Å². The predicted molar refractivity (Wildman–Crippen MR) is 136 cm³/mol. The molecule has 5 rings (SSSR count). The van der Waals surface area contributed by atoms with Gasteiger partial charge in [-0.1, -0.05) is 30.3 Å². The van der Waals surface area contributed by atoms with E-state index in [0.29, 0.717) is 24.2 Å². The van der Waals surface area contributed by atoms with Crippen LogP contribution in [-0.2, 0) is 32.1 Å². The fourth-order valence-electron chi connectivity index (χ4n) is 6.56. The van der Waals surface area contributed by atoms with Gasteiger partial charge in [-0.3, -0.25) is 28.9 Å². The monoisotopic (exact) mass is 536 g/mol. The van der Waals surface area contributed by atoms with Crippen LogP contribution in [-0.4, -0.2) is 70.0 Å². The van der Waals surface area contributed by atoms with E-state index in [1.54, 1.807) is 6.07 Å². The number of nitrogens with zero attached hydrogens (tertiary/aromatic N) is 1. The zero-order valence-corrected chi connectivity index (χ0v) is 21.4. The molecule has 2 saturated carbocycles. The molecule has 3 aliphatic carbocycles. The summed E-state index contributed by atoms with van der Waals surface area (Å²) in [5, 5.41) is 22.0. The number of ketones is 4. The van der Waals surface area contributed by atoms with E-state index in [4.69, 9.17) is 5.73 Å². The second kappa shape index (κ2) is 9.77. The zero-order valence-electron chi connectivity index (χ0n) is 21.4. The highest BCUT2D eigenvalue weighted by Gasteiger charge is 2.66. The molecular weight excluding hydrogens is 507 g/mol. The first-order chi connectivity index (χ1) is 18.5. The number of amides is 1. The van der Waals surface area contributed by atoms with Crippen molar-refractivity contribution in [2.24, 2.45) is 29.4 Å². The molecule has 0 radical (unpaired) electrons. The molecule has 0 bridgehead atoms. The van der Waals surface area contributed by atoms with E-state index in [1.165, 1.54) is 6.07 Å². The van der Waals surface area contributed by atoms with Crippen molar-refractivity contribution in [1.29, 1.82) is 0 Å². The van der Waals surface area contributed by atoms with Crippen LogP contribution in [0.2, 0.25) is 0 Å². The van der Waals surface area contributed by atoms with E-state index in [2.05, 4.69) is 0 Å². The van der Waals surface area contributed by atoms with Gasteiger partial charge in [0.05, 0.1) is 11.5 Å². The fraction of sp³-hybridized carbons (Fsp3) is 0.414. The minimum absolute atomic E-state index is 0.0377. The molecule has 0 spiro atoms. The van der Waals surface area contributed by atoms with Crippen molar-refractivity contribution in [2.75, 3.05) is 20.3 Å². The summed E-state index contributed by atoms with van der Waals surface area (Å²) in [6, 6.07) is 10.6. The molecule has 204 valence electrons. The maximum atomic E-state index is 13.7. The molecule has 5 atom stereocenters. The Morgan fingerprint density at radius 1 is 1.08 bits per heavy atom. The average molecular weight is 537 g/mol. The van der Waals surface area contributed by atoms with Crippen LogP contribution in [0, 0.1) is 23.7 Å². The van der Waals surface area contributed by atoms with Crippen LogP contribution < -0.4 is 5.73 Å². The number of phenolic OH excluding ortho intramolecular Hbond substituents is 1. The summed E-state index contributed by atoms with van der Waals surface area (Å²) in [5.41, 5.74) is 5.49. The third-order valence-electron chi connectivity index (χ3n) is 8.47. The van der Waals surface area contributed by atoms with Crippen molar-refractivity contribution in [2.45, 2.75) is 31.4 Å². The molecule has 1 amide bonds. The molecular formula is C29H29FN2O7. The number of carbonyl (C=O) groups excluding carboxylic acids is 5. The van der Waals surface area contributed by atoms with Gasteiger partial charge >= 0.3 is 0 Å². The maximum Gasteiger partial charge on any atom is 0.235 e. The average Bonchev–Trinajstić information content (AvgIpc) is 2.87. The number of phenols is 1. The van der Waals surface area contributed by atoms with Crippen molar-refractivity contribution >= 4 is 29.0 Å². The van der Waals surface area contributed by atoms with Crippen molar-refractivity contribution in [3.63, 3.8) is 0 Å². The molecule has 0 aromatic heterocycles. The van der Waals surface area contributed by atoms with E-state index in [0.717, 1.165) is 11.1 Å². The topological polar surface area (TPSA) is 155 Å². The molecule has 2 fully saturated rings. The summed E-state index contributed by atoms with van der Waals surface area (Å²) in [7, 11) is 1.82. The summed E-state index contributed by atoms with van der Waals surface area (Å²) in [4.78, 5) is 66.5. The lowest BCUT2D eigenvalue weighted by Gasteiger charge is -2.48. The van der Waals surface area contributed by atoms with Gasteiger partial charge in [0.1, 0.15) is 12.4 Å². The Labute approximate surface area is 223 Å². The molecule has 2 unspecified atom stereocenters. The Morgan fingerprint density at radius 2 is 1.77 bits per heavy atom. The molecule has 0 heterocycles. The van der Waals surface area contributed by atoms with Crippen LogP contribution in [0.5, 0.6) is 5.75 Å². The van der Waals surface area contributed by atoms with Gasteiger partial charge in [-0.25, -0.2) is 4.39 Å². The van der Waals surface area contributed by atoms with E-state index >= 15 is 0 Å². The fourth-order valence-corrected chi connectivity index (χ4v) is 6.56. The van der Waals surface area contributed by atoms with Crippen LogP contribution in [0.25, 0.3) is 11.1 Å². The third kappa shape index (κ3) is 4.18. The number of primary amides is 1. The van der Waals surface area contributed by atoms with Gasteiger partial charge in [0.25, 0.3) is 0 Å². The number of halogens is 1. The molecule has 4 N–H and O–H groups in total. The quantitative estimate of drug-likeness (QED) is 0.468. The number of nitrogens with two attached hydrogens (primary N) is 1. The molecule has 3 aliphatic rings. The summed E-state index contributed by atoms with van der Waals surface area (Å²) in [6.07, 6.45) is -0.135. The summed E-state index contributed by atoms with van der Waals surface area (Å²) in [6.45, 7) is 0.424. The molecule has 2 aromatic rings. The molecule has 39 heavy (non-hydrogen) atoms. The standard InChI is InChI=1S/C29H29FN2O7/c1-32(9-8-30)13-14-2-4-15(5-3-14)18-6-7-20(33)23-19(18)11-16-10-17-12-21(34)24(28(31)38)27(37)29(17,39)26(36)22(16)25(23)35/h2-7,16-17,22,24,33,39H,8-13H2,1H3,(H2,31,38)/t16-,17+,22?,24?,29+/m1/s1.